The standard InChI is InChI=1S/C14H24N2OS/c1-6-16(7-2)14(17)11(4)15-9-13-8-10(3)12(5)18-13/h8,11,15H,6-7,9H2,1-5H3. The molecule has 0 aliphatic heterocycles. The van der Waals surface area contributed by atoms with Gasteiger partial charge in [-0.3, -0.25) is 4.79 Å². The van der Waals surface area contributed by atoms with Crippen LogP contribution in [-0.2, 0) is 11.3 Å². The molecule has 1 N–H and O–H groups in total. The Labute approximate surface area is 114 Å². The molecule has 0 spiro atoms. The van der Waals surface area contributed by atoms with Crippen molar-refractivity contribution in [1.29, 1.82) is 0 Å². The lowest BCUT2D eigenvalue weighted by Crippen LogP contribution is -2.44. The zero-order valence-electron chi connectivity index (χ0n) is 12.0. The molecular formula is C14H24N2OS. The van der Waals surface area contributed by atoms with Crippen LogP contribution in [0.2, 0.25) is 0 Å². The van der Waals surface area contributed by atoms with Gasteiger partial charge in [0, 0.05) is 29.4 Å². The molecule has 0 saturated carbocycles. The molecule has 0 fully saturated rings. The van der Waals surface area contributed by atoms with Crippen LogP contribution in [0.1, 0.15) is 36.1 Å². The van der Waals surface area contributed by atoms with Gasteiger partial charge < -0.3 is 10.2 Å². The lowest BCUT2D eigenvalue weighted by Gasteiger charge is -2.23. The third kappa shape index (κ3) is 3.82. The fourth-order valence-corrected chi connectivity index (χ4v) is 2.89. The normalized spacial score (nSPS) is 12.5. The predicted molar refractivity (Wildman–Crippen MR) is 78.0 cm³/mol. The average molecular weight is 268 g/mol. The highest BCUT2D eigenvalue weighted by atomic mass is 32.1. The number of aryl methyl sites for hydroxylation is 2. The molecule has 0 radical (unpaired) electrons. The lowest BCUT2D eigenvalue weighted by molar-refractivity contribution is -0.132. The van der Waals surface area contributed by atoms with Crippen LogP contribution in [0.5, 0.6) is 0 Å². The zero-order valence-corrected chi connectivity index (χ0v) is 12.9. The summed E-state index contributed by atoms with van der Waals surface area (Å²) in [7, 11) is 0. The average Bonchev–Trinajstić information content (AvgIpc) is 2.67. The van der Waals surface area contributed by atoms with E-state index >= 15 is 0 Å². The number of hydrogen-bond donors (Lipinski definition) is 1. The largest absolute Gasteiger partial charge is 0.342 e. The molecule has 1 rings (SSSR count). The van der Waals surface area contributed by atoms with E-state index < -0.39 is 0 Å². The van der Waals surface area contributed by atoms with E-state index in [1.807, 2.05) is 25.7 Å². The SMILES string of the molecule is CCN(CC)C(=O)C(C)NCc1cc(C)c(C)s1. The summed E-state index contributed by atoms with van der Waals surface area (Å²) in [5.41, 5.74) is 1.33. The number of carbonyl (C=O) groups is 1. The smallest absolute Gasteiger partial charge is 0.239 e. The van der Waals surface area contributed by atoms with Crippen molar-refractivity contribution < 1.29 is 4.79 Å². The van der Waals surface area contributed by atoms with Gasteiger partial charge in [-0.25, -0.2) is 0 Å². The van der Waals surface area contributed by atoms with Gasteiger partial charge in [0.05, 0.1) is 6.04 Å². The van der Waals surface area contributed by atoms with Gasteiger partial charge in [-0.05, 0) is 46.2 Å². The van der Waals surface area contributed by atoms with Gasteiger partial charge in [-0.1, -0.05) is 0 Å². The Hall–Kier alpha value is -0.870. The summed E-state index contributed by atoms with van der Waals surface area (Å²) in [5, 5.41) is 3.31. The number of thiophene rings is 1. The van der Waals surface area contributed by atoms with Crippen LogP contribution >= 0.6 is 11.3 Å². The quantitative estimate of drug-likeness (QED) is 0.860. The van der Waals surface area contributed by atoms with E-state index in [-0.39, 0.29) is 11.9 Å². The molecule has 1 aromatic rings. The fraction of sp³-hybridized carbons (Fsp3) is 0.643. The van der Waals surface area contributed by atoms with Gasteiger partial charge >= 0.3 is 0 Å². The summed E-state index contributed by atoms with van der Waals surface area (Å²) in [6.07, 6.45) is 0. The number of likely N-dealkylation sites (N-methyl/N-ethyl adjacent to an activating group) is 1. The molecule has 1 atom stereocenters. The number of rotatable bonds is 6. The second-order valence-corrected chi connectivity index (χ2v) is 5.91. The van der Waals surface area contributed by atoms with E-state index in [1.54, 1.807) is 11.3 Å². The number of amides is 1. The van der Waals surface area contributed by atoms with Crippen molar-refractivity contribution >= 4 is 17.2 Å². The number of nitrogens with zero attached hydrogens (tertiary/aromatic N) is 1. The van der Waals surface area contributed by atoms with Gasteiger partial charge in [0.25, 0.3) is 0 Å². The maximum atomic E-state index is 12.1. The molecule has 102 valence electrons. The van der Waals surface area contributed by atoms with E-state index in [1.165, 1.54) is 15.3 Å². The molecule has 0 aliphatic rings. The Bertz CT molecular complexity index is 377. The summed E-state index contributed by atoms with van der Waals surface area (Å²) in [6.45, 7) is 12.5. The summed E-state index contributed by atoms with van der Waals surface area (Å²) in [4.78, 5) is 16.6. The Morgan fingerprint density at radius 3 is 2.44 bits per heavy atom. The Morgan fingerprint density at radius 1 is 1.39 bits per heavy atom. The summed E-state index contributed by atoms with van der Waals surface area (Å²) in [5.74, 6) is 0.185. The number of hydrogen-bond acceptors (Lipinski definition) is 3. The van der Waals surface area contributed by atoms with Gasteiger partial charge in [0.2, 0.25) is 5.91 Å². The van der Waals surface area contributed by atoms with Crippen molar-refractivity contribution in [3.8, 4) is 0 Å². The van der Waals surface area contributed by atoms with Crippen LogP contribution in [0.3, 0.4) is 0 Å². The molecule has 1 unspecified atom stereocenters. The molecule has 1 heterocycles. The Balaban J connectivity index is 2.50. The first-order valence-corrected chi connectivity index (χ1v) is 7.39. The van der Waals surface area contributed by atoms with Crippen LogP contribution in [0.4, 0.5) is 0 Å². The highest BCUT2D eigenvalue weighted by Crippen LogP contribution is 2.20. The van der Waals surface area contributed by atoms with Crippen molar-refractivity contribution in [1.82, 2.24) is 10.2 Å². The van der Waals surface area contributed by atoms with Crippen LogP contribution in [0.25, 0.3) is 0 Å². The molecule has 0 saturated heterocycles. The van der Waals surface area contributed by atoms with Gasteiger partial charge in [-0.2, -0.15) is 0 Å². The minimum absolute atomic E-state index is 0.118. The molecule has 1 aromatic heterocycles. The highest BCUT2D eigenvalue weighted by Gasteiger charge is 2.17. The summed E-state index contributed by atoms with van der Waals surface area (Å²) < 4.78 is 0. The van der Waals surface area contributed by atoms with Gasteiger partial charge in [-0.15, -0.1) is 11.3 Å². The molecule has 18 heavy (non-hydrogen) atoms. The highest BCUT2D eigenvalue weighted by molar-refractivity contribution is 7.12. The first-order chi connectivity index (χ1) is 8.49. The van der Waals surface area contributed by atoms with Crippen LogP contribution in [0, 0.1) is 13.8 Å². The lowest BCUT2D eigenvalue weighted by atomic mass is 10.2. The van der Waals surface area contributed by atoms with E-state index in [9.17, 15) is 4.79 Å². The van der Waals surface area contributed by atoms with E-state index in [0.717, 1.165) is 19.6 Å². The van der Waals surface area contributed by atoms with Crippen LogP contribution in [-0.4, -0.2) is 29.9 Å². The molecule has 1 amide bonds. The monoisotopic (exact) mass is 268 g/mol. The van der Waals surface area contributed by atoms with Crippen molar-refractivity contribution in [2.45, 2.75) is 47.2 Å². The second kappa shape index (κ2) is 6.90. The maximum Gasteiger partial charge on any atom is 0.239 e. The summed E-state index contributed by atoms with van der Waals surface area (Å²) >= 11 is 1.80. The molecule has 0 aliphatic carbocycles. The second-order valence-electron chi connectivity index (χ2n) is 4.57. The predicted octanol–water partition coefficient (Wildman–Crippen LogP) is 2.71. The molecule has 0 bridgehead atoms. The Morgan fingerprint density at radius 2 is 2.00 bits per heavy atom. The minimum Gasteiger partial charge on any atom is -0.342 e. The minimum atomic E-state index is -0.118. The van der Waals surface area contributed by atoms with E-state index in [0.29, 0.717) is 0 Å². The van der Waals surface area contributed by atoms with Crippen LogP contribution < -0.4 is 5.32 Å². The van der Waals surface area contributed by atoms with Gasteiger partial charge in [0.1, 0.15) is 0 Å². The molecule has 3 nitrogen and oxygen atoms in total. The first kappa shape index (κ1) is 15.2. The van der Waals surface area contributed by atoms with Crippen molar-refractivity contribution in [3.63, 3.8) is 0 Å². The van der Waals surface area contributed by atoms with Crippen LogP contribution in [0.15, 0.2) is 6.07 Å². The summed E-state index contributed by atoms with van der Waals surface area (Å²) in [6, 6.07) is 2.08. The maximum absolute atomic E-state index is 12.1. The van der Waals surface area contributed by atoms with E-state index in [4.69, 9.17) is 0 Å². The van der Waals surface area contributed by atoms with E-state index in [2.05, 4.69) is 25.2 Å². The van der Waals surface area contributed by atoms with Crippen molar-refractivity contribution in [2.75, 3.05) is 13.1 Å². The fourth-order valence-electron chi connectivity index (χ4n) is 1.89. The molecule has 0 aromatic carbocycles. The van der Waals surface area contributed by atoms with Crippen molar-refractivity contribution in [3.05, 3.63) is 21.4 Å². The first-order valence-electron chi connectivity index (χ1n) is 6.57. The number of carbonyl (C=O) groups excluding carboxylic acids is 1. The third-order valence-corrected chi connectivity index (χ3v) is 4.40. The topological polar surface area (TPSA) is 32.3 Å². The molecule has 4 heteroatoms. The zero-order chi connectivity index (χ0) is 13.7. The van der Waals surface area contributed by atoms with Crippen molar-refractivity contribution in [2.24, 2.45) is 0 Å². The molecular weight excluding hydrogens is 244 g/mol. The van der Waals surface area contributed by atoms with Gasteiger partial charge in [0.15, 0.2) is 0 Å². The number of nitrogens with one attached hydrogen (secondary N) is 1. The third-order valence-electron chi connectivity index (χ3n) is 3.25. The Kier molecular flexibility index (Phi) is 5.82.